The van der Waals surface area contributed by atoms with E-state index < -0.39 is 10.8 Å². The number of aromatic nitrogens is 1. The summed E-state index contributed by atoms with van der Waals surface area (Å²) in [6, 6.07) is 14.7. The van der Waals surface area contributed by atoms with Gasteiger partial charge in [-0.15, -0.1) is 0 Å². The molecular formula is C22H21ClN4O5. The Morgan fingerprint density at radius 2 is 1.94 bits per heavy atom. The Balaban J connectivity index is 1.76. The van der Waals surface area contributed by atoms with Crippen molar-refractivity contribution < 1.29 is 19.2 Å². The smallest absolute Gasteiger partial charge is 0.293 e. The molecule has 0 bridgehead atoms. The molecule has 2 aromatic carbocycles. The maximum absolute atomic E-state index is 12.7. The third-order valence-corrected chi connectivity index (χ3v) is 4.80. The summed E-state index contributed by atoms with van der Waals surface area (Å²) in [6.07, 6.45) is 1.53. The molecule has 2 N–H and O–H groups in total. The molecule has 9 nitrogen and oxygen atoms in total. The monoisotopic (exact) mass is 456 g/mol. The van der Waals surface area contributed by atoms with Gasteiger partial charge in [-0.2, -0.15) is 0 Å². The number of nitro benzene ring substituents is 1. The molecule has 0 aliphatic rings. The topological polar surface area (TPSA) is 116 Å². The van der Waals surface area contributed by atoms with Crippen LogP contribution in [0.3, 0.4) is 0 Å². The van der Waals surface area contributed by atoms with E-state index in [0.717, 1.165) is 5.56 Å². The van der Waals surface area contributed by atoms with Crippen molar-refractivity contribution in [1.82, 2.24) is 4.98 Å². The number of nitro groups is 1. The van der Waals surface area contributed by atoms with Gasteiger partial charge in [0.1, 0.15) is 18.0 Å². The molecule has 3 rings (SSSR count). The van der Waals surface area contributed by atoms with Crippen LogP contribution >= 0.6 is 11.6 Å². The van der Waals surface area contributed by atoms with Gasteiger partial charge in [0.2, 0.25) is 5.88 Å². The summed E-state index contributed by atoms with van der Waals surface area (Å²) in [5, 5.41) is 17.8. The van der Waals surface area contributed by atoms with Crippen molar-refractivity contribution in [3.8, 4) is 5.88 Å². The number of carbonyl (C=O) groups is 1. The lowest BCUT2D eigenvalue weighted by Gasteiger charge is -2.12. The van der Waals surface area contributed by atoms with Gasteiger partial charge in [-0.25, -0.2) is 4.98 Å². The number of ether oxygens (including phenoxy) is 2. The van der Waals surface area contributed by atoms with E-state index in [1.54, 1.807) is 31.4 Å². The van der Waals surface area contributed by atoms with Crippen molar-refractivity contribution >= 4 is 34.6 Å². The first kappa shape index (κ1) is 23.0. The fraction of sp³-hybridized carbons (Fsp3) is 0.182. The number of halogens is 1. The van der Waals surface area contributed by atoms with Crippen molar-refractivity contribution in [2.75, 3.05) is 31.0 Å². The Kier molecular flexibility index (Phi) is 7.96. The molecule has 0 aliphatic carbocycles. The van der Waals surface area contributed by atoms with E-state index in [-0.39, 0.29) is 29.4 Å². The van der Waals surface area contributed by atoms with E-state index in [9.17, 15) is 14.9 Å². The number of pyridine rings is 1. The Morgan fingerprint density at radius 3 is 2.69 bits per heavy atom. The summed E-state index contributed by atoms with van der Waals surface area (Å²) in [4.78, 5) is 27.9. The first-order chi connectivity index (χ1) is 15.5. The van der Waals surface area contributed by atoms with Gasteiger partial charge < -0.3 is 20.1 Å². The first-order valence-electron chi connectivity index (χ1n) is 9.63. The molecule has 1 amide bonds. The second-order valence-corrected chi connectivity index (χ2v) is 6.99. The molecular weight excluding hydrogens is 436 g/mol. The zero-order chi connectivity index (χ0) is 22.9. The van der Waals surface area contributed by atoms with Gasteiger partial charge in [0.05, 0.1) is 11.5 Å². The van der Waals surface area contributed by atoms with Crippen LogP contribution < -0.4 is 15.4 Å². The van der Waals surface area contributed by atoms with Crippen LogP contribution in [0.25, 0.3) is 0 Å². The van der Waals surface area contributed by atoms with Crippen LogP contribution in [-0.2, 0) is 11.3 Å². The first-order valence-corrected chi connectivity index (χ1v) is 10.0. The van der Waals surface area contributed by atoms with Crippen LogP contribution in [0.1, 0.15) is 15.9 Å². The Hall–Kier alpha value is -3.69. The molecule has 0 unspecified atom stereocenters. The summed E-state index contributed by atoms with van der Waals surface area (Å²) in [6.45, 7) is 0.913. The highest BCUT2D eigenvalue weighted by molar-refractivity contribution is 6.31. The van der Waals surface area contributed by atoms with Gasteiger partial charge in [-0.3, -0.25) is 14.9 Å². The average molecular weight is 457 g/mol. The summed E-state index contributed by atoms with van der Waals surface area (Å²) >= 11 is 6.14. The van der Waals surface area contributed by atoms with Crippen LogP contribution in [0, 0.1) is 10.1 Å². The number of benzene rings is 2. The van der Waals surface area contributed by atoms with Crippen molar-refractivity contribution in [1.29, 1.82) is 0 Å². The lowest BCUT2D eigenvalue weighted by atomic mass is 10.1. The molecule has 0 atom stereocenters. The van der Waals surface area contributed by atoms with Gasteiger partial charge in [-0.1, -0.05) is 29.8 Å². The molecule has 10 heteroatoms. The number of nitrogens with zero attached hydrogens (tertiary/aromatic N) is 2. The zero-order valence-corrected chi connectivity index (χ0v) is 18.0. The second-order valence-electron chi connectivity index (χ2n) is 6.59. The summed E-state index contributed by atoms with van der Waals surface area (Å²) in [5.74, 6) is -0.305. The Morgan fingerprint density at radius 1 is 1.12 bits per heavy atom. The van der Waals surface area contributed by atoms with Crippen LogP contribution in [0.4, 0.5) is 17.1 Å². The highest BCUT2D eigenvalue weighted by Gasteiger charge is 2.19. The van der Waals surface area contributed by atoms with Gasteiger partial charge in [0, 0.05) is 36.5 Å². The third kappa shape index (κ3) is 5.93. The molecule has 0 saturated heterocycles. The van der Waals surface area contributed by atoms with Crippen LogP contribution in [-0.4, -0.2) is 36.1 Å². The molecule has 1 aromatic heterocycles. The van der Waals surface area contributed by atoms with Gasteiger partial charge in [-0.05, 0) is 35.9 Å². The number of methoxy groups -OCH3 is 1. The maximum Gasteiger partial charge on any atom is 0.293 e. The summed E-state index contributed by atoms with van der Waals surface area (Å²) < 4.78 is 10.4. The fourth-order valence-corrected chi connectivity index (χ4v) is 3.03. The van der Waals surface area contributed by atoms with Crippen LogP contribution in [0.2, 0.25) is 5.02 Å². The zero-order valence-electron chi connectivity index (χ0n) is 17.2. The van der Waals surface area contributed by atoms with Crippen molar-refractivity contribution in [3.63, 3.8) is 0 Å². The van der Waals surface area contributed by atoms with Crippen molar-refractivity contribution in [2.45, 2.75) is 6.54 Å². The molecule has 0 spiro atoms. The molecule has 166 valence electrons. The predicted octanol–water partition coefficient (Wildman–Crippen LogP) is 4.53. The fourth-order valence-electron chi connectivity index (χ4n) is 2.82. The molecule has 0 radical (unpaired) electrons. The largest absolute Gasteiger partial charge is 0.474 e. The lowest BCUT2D eigenvalue weighted by molar-refractivity contribution is -0.384. The number of carbonyl (C=O) groups excluding carboxylic acids is 1. The lowest BCUT2D eigenvalue weighted by Crippen LogP contribution is -2.15. The number of anilines is 2. The summed E-state index contributed by atoms with van der Waals surface area (Å²) in [7, 11) is 1.55. The summed E-state index contributed by atoms with van der Waals surface area (Å²) in [5.41, 5.74) is 1.30. The van der Waals surface area contributed by atoms with Gasteiger partial charge >= 0.3 is 0 Å². The molecule has 1 heterocycles. The van der Waals surface area contributed by atoms with E-state index in [2.05, 4.69) is 15.6 Å². The number of hydrogen-bond donors (Lipinski definition) is 2. The molecule has 0 aliphatic heterocycles. The van der Waals surface area contributed by atoms with Crippen molar-refractivity contribution in [2.24, 2.45) is 0 Å². The second kappa shape index (κ2) is 11.1. The van der Waals surface area contributed by atoms with E-state index in [1.165, 1.54) is 24.4 Å². The predicted molar refractivity (Wildman–Crippen MR) is 121 cm³/mol. The van der Waals surface area contributed by atoms with Gasteiger partial charge in [0.25, 0.3) is 11.6 Å². The maximum atomic E-state index is 12.7. The highest BCUT2D eigenvalue weighted by atomic mass is 35.5. The number of rotatable bonds is 10. The standard InChI is InChI=1S/C22H21ClN4O5/c1-31-11-12-32-22-19(7-4-10-24-22)26-21(28)15-8-9-18(20(13-15)27(29)30)25-14-16-5-2-3-6-17(16)23/h2-10,13,25H,11-12,14H2,1H3,(H,26,28). The molecule has 3 aromatic rings. The van der Waals surface area contributed by atoms with E-state index in [4.69, 9.17) is 21.1 Å². The third-order valence-electron chi connectivity index (χ3n) is 4.43. The average Bonchev–Trinajstić information content (AvgIpc) is 2.79. The molecule has 32 heavy (non-hydrogen) atoms. The van der Waals surface area contributed by atoms with Gasteiger partial charge in [0.15, 0.2) is 0 Å². The Bertz CT molecular complexity index is 1110. The minimum absolute atomic E-state index is 0.117. The minimum Gasteiger partial charge on any atom is -0.474 e. The van der Waals surface area contributed by atoms with Crippen molar-refractivity contribution in [3.05, 3.63) is 87.1 Å². The normalized spacial score (nSPS) is 10.4. The van der Waals surface area contributed by atoms with E-state index in [0.29, 0.717) is 23.9 Å². The van der Waals surface area contributed by atoms with Crippen LogP contribution in [0.5, 0.6) is 5.88 Å². The highest BCUT2D eigenvalue weighted by Crippen LogP contribution is 2.28. The number of nitrogens with one attached hydrogen (secondary N) is 2. The van der Waals surface area contributed by atoms with E-state index >= 15 is 0 Å². The molecule has 0 saturated carbocycles. The van der Waals surface area contributed by atoms with E-state index in [1.807, 2.05) is 12.1 Å². The number of hydrogen-bond acceptors (Lipinski definition) is 7. The molecule has 0 fully saturated rings. The number of amides is 1. The quantitative estimate of drug-likeness (QED) is 0.261. The Labute approximate surface area is 189 Å². The van der Waals surface area contributed by atoms with Crippen LogP contribution in [0.15, 0.2) is 60.8 Å². The minimum atomic E-state index is -0.547. The SMILES string of the molecule is COCCOc1ncccc1NC(=O)c1ccc(NCc2ccccc2Cl)c([N+](=O)[O-])c1.